The molecule has 0 fully saturated rings. The van der Waals surface area contributed by atoms with Crippen LogP contribution in [0.3, 0.4) is 0 Å². The van der Waals surface area contributed by atoms with Crippen molar-refractivity contribution in [3.63, 3.8) is 0 Å². The predicted octanol–water partition coefficient (Wildman–Crippen LogP) is 4.45. The zero-order valence-corrected chi connectivity index (χ0v) is 11.6. The van der Waals surface area contributed by atoms with Crippen molar-refractivity contribution in [3.8, 4) is 0 Å². The van der Waals surface area contributed by atoms with Gasteiger partial charge in [-0.2, -0.15) is 0 Å². The Hall–Kier alpha value is -1.57. The van der Waals surface area contributed by atoms with Crippen molar-refractivity contribution in [2.75, 3.05) is 0 Å². The Morgan fingerprint density at radius 1 is 1.32 bits per heavy atom. The monoisotopic (exact) mass is 258 g/mol. The lowest BCUT2D eigenvalue weighted by molar-refractivity contribution is 0.0697. The van der Waals surface area contributed by atoms with Crippen LogP contribution in [0.15, 0.2) is 35.9 Å². The standard InChI is InChI=1S/C17H22O2/c1-2-13-3-5-14(6-4-13)7-8-15-9-11-16(12-10-15)17(18)19/h3,9-12,14H,2,4-8H2,1H3,(H,18,19). The fourth-order valence-electron chi connectivity index (χ4n) is 2.71. The van der Waals surface area contributed by atoms with Gasteiger partial charge in [-0.15, -0.1) is 0 Å². The summed E-state index contributed by atoms with van der Waals surface area (Å²) >= 11 is 0. The normalized spacial score (nSPS) is 19.0. The van der Waals surface area contributed by atoms with Gasteiger partial charge in [0.15, 0.2) is 0 Å². The third-order valence-corrected chi connectivity index (χ3v) is 4.11. The van der Waals surface area contributed by atoms with Gasteiger partial charge >= 0.3 is 5.97 Å². The van der Waals surface area contributed by atoms with Gasteiger partial charge in [0.2, 0.25) is 0 Å². The molecule has 1 N–H and O–H groups in total. The van der Waals surface area contributed by atoms with Crippen LogP contribution in [0.4, 0.5) is 0 Å². The average molecular weight is 258 g/mol. The first-order valence-electron chi connectivity index (χ1n) is 7.19. The van der Waals surface area contributed by atoms with Crippen LogP contribution in [0.1, 0.15) is 54.9 Å². The maximum Gasteiger partial charge on any atom is 0.335 e. The summed E-state index contributed by atoms with van der Waals surface area (Å²) in [5.41, 5.74) is 3.23. The summed E-state index contributed by atoms with van der Waals surface area (Å²) < 4.78 is 0. The van der Waals surface area contributed by atoms with E-state index in [9.17, 15) is 4.79 Å². The molecule has 1 aliphatic carbocycles. The number of aromatic carboxylic acids is 1. The lowest BCUT2D eigenvalue weighted by atomic mass is 9.85. The van der Waals surface area contributed by atoms with Crippen LogP contribution in [0.5, 0.6) is 0 Å². The summed E-state index contributed by atoms with van der Waals surface area (Å²) in [6.45, 7) is 2.23. The van der Waals surface area contributed by atoms with Crippen LogP contribution in [0.25, 0.3) is 0 Å². The highest BCUT2D eigenvalue weighted by atomic mass is 16.4. The molecule has 0 radical (unpaired) electrons. The molecule has 1 aromatic carbocycles. The minimum atomic E-state index is -0.851. The molecular weight excluding hydrogens is 236 g/mol. The fourth-order valence-corrected chi connectivity index (χ4v) is 2.71. The van der Waals surface area contributed by atoms with Gasteiger partial charge < -0.3 is 5.11 Å². The van der Waals surface area contributed by atoms with E-state index in [1.165, 1.54) is 37.7 Å². The van der Waals surface area contributed by atoms with E-state index in [1.54, 1.807) is 17.7 Å². The minimum Gasteiger partial charge on any atom is -0.478 e. The lowest BCUT2D eigenvalue weighted by Crippen LogP contribution is -2.07. The molecular formula is C17H22O2. The van der Waals surface area contributed by atoms with E-state index in [2.05, 4.69) is 13.0 Å². The first-order valence-corrected chi connectivity index (χ1v) is 7.19. The first kappa shape index (κ1) is 13.9. The summed E-state index contributed by atoms with van der Waals surface area (Å²) in [6, 6.07) is 7.29. The highest BCUT2D eigenvalue weighted by Crippen LogP contribution is 2.28. The number of aryl methyl sites for hydroxylation is 1. The Kier molecular flexibility index (Phi) is 4.78. The summed E-state index contributed by atoms with van der Waals surface area (Å²) in [7, 11) is 0. The maximum absolute atomic E-state index is 10.8. The second-order valence-corrected chi connectivity index (χ2v) is 5.40. The topological polar surface area (TPSA) is 37.3 Å². The third kappa shape index (κ3) is 3.95. The Morgan fingerprint density at radius 3 is 2.58 bits per heavy atom. The summed E-state index contributed by atoms with van der Waals surface area (Å²) in [4.78, 5) is 10.8. The number of carboxylic acids is 1. The number of carbonyl (C=O) groups is 1. The van der Waals surface area contributed by atoms with Gasteiger partial charge in [0.25, 0.3) is 0 Å². The van der Waals surface area contributed by atoms with E-state index in [0.717, 1.165) is 12.3 Å². The number of benzene rings is 1. The minimum absolute atomic E-state index is 0.372. The lowest BCUT2D eigenvalue weighted by Gasteiger charge is -2.21. The molecule has 2 nitrogen and oxygen atoms in total. The Bertz CT molecular complexity index is 457. The van der Waals surface area contributed by atoms with E-state index >= 15 is 0 Å². The molecule has 0 saturated heterocycles. The van der Waals surface area contributed by atoms with Crippen molar-refractivity contribution in [2.45, 2.75) is 45.4 Å². The number of hydrogen-bond donors (Lipinski definition) is 1. The van der Waals surface area contributed by atoms with Gasteiger partial charge in [-0.1, -0.05) is 30.7 Å². The van der Waals surface area contributed by atoms with E-state index in [0.29, 0.717) is 5.56 Å². The van der Waals surface area contributed by atoms with Crippen molar-refractivity contribution >= 4 is 5.97 Å². The third-order valence-electron chi connectivity index (χ3n) is 4.11. The van der Waals surface area contributed by atoms with Crippen molar-refractivity contribution in [1.82, 2.24) is 0 Å². The summed E-state index contributed by atoms with van der Waals surface area (Å²) in [5, 5.41) is 8.85. The van der Waals surface area contributed by atoms with Crippen molar-refractivity contribution in [1.29, 1.82) is 0 Å². The number of allylic oxidation sites excluding steroid dienone is 2. The van der Waals surface area contributed by atoms with Crippen molar-refractivity contribution in [3.05, 3.63) is 47.0 Å². The molecule has 2 rings (SSSR count). The van der Waals surface area contributed by atoms with E-state index in [-0.39, 0.29) is 0 Å². The van der Waals surface area contributed by atoms with Gasteiger partial charge in [-0.25, -0.2) is 4.79 Å². The number of rotatable bonds is 5. The van der Waals surface area contributed by atoms with E-state index in [1.807, 2.05) is 12.1 Å². The molecule has 0 aromatic heterocycles. The Morgan fingerprint density at radius 2 is 2.05 bits per heavy atom. The van der Waals surface area contributed by atoms with Gasteiger partial charge in [0.05, 0.1) is 5.56 Å². The van der Waals surface area contributed by atoms with Crippen LogP contribution in [-0.4, -0.2) is 11.1 Å². The molecule has 1 unspecified atom stereocenters. The van der Waals surface area contributed by atoms with E-state index < -0.39 is 5.97 Å². The second-order valence-electron chi connectivity index (χ2n) is 5.40. The molecule has 0 spiro atoms. The zero-order chi connectivity index (χ0) is 13.7. The molecule has 1 aliphatic rings. The molecule has 0 heterocycles. The van der Waals surface area contributed by atoms with Crippen LogP contribution >= 0.6 is 0 Å². The molecule has 0 bridgehead atoms. The predicted molar refractivity (Wildman–Crippen MR) is 77.4 cm³/mol. The number of hydrogen-bond acceptors (Lipinski definition) is 1. The quantitative estimate of drug-likeness (QED) is 0.792. The van der Waals surface area contributed by atoms with Crippen LogP contribution in [0.2, 0.25) is 0 Å². The smallest absolute Gasteiger partial charge is 0.335 e. The molecule has 0 amide bonds. The van der Waals surface area contributed by atoms with Crippen LogP contribution in [0, 0.1) is 5.92 Å². The van der Waals surface area contributed by atoms with Gasteiger partial charge in [-0.05, 0) is 62.1 Å². The number of carboxylic acid groups (broad SMARTS) is 1. The maximum atomic E-state index is 10.8. The molecule has 0 aliphatic heterocycles. The van der Waals surface area contributed by atoms with Gasteiger partial charge in [-0.3, -0.25) is 0 Å². The fraction of sp³-hybridized carbons (Fsp3) is 0.471. The average Bonchev–Trinajstić information content (AvgIpc) is 2.46. The van der Waals surface area contributed by atoms with Gasteiger partial charge in [0, 0.05) is 0 Å². The van der Waals surface area contributed by atoms with Crippen molar-refractivity contribution < 1.29 is 9.90 Å². The highest BCUT2D eigenvalue weighted by molar-refractivity contribution is 5.87. The zero-order valence-electron chi connectivity index (χ0n) is 11.6. The summed E-state index contributed by atoms with van der Waals surface area (Å²) in [6.07, 6.45) is 9.67. The van der Waals surface area contributed by atoms with Gasteiger partial charge in [0.1, 0.15) is 0 Å². The molecule has 0 saturated carbocycles. The summed E-state index contributed by atoms with van der Waals surface area (Å²) in [5.74, 6) is -0.0505. The molecule has 19 heavy (non-hydrogen) atoms. The molecule has 1 atom stereocenters. The van der Waals surface area contributed by atoms with Crippen molar-refractivity contribution in [2.24, 2.45) is 5.92 Å². The largest absolute Gasteiger partial charge is 0.478 e. The molecule has 1 aromatic rings. The van der Waals surface area contributed by atoms with Crippen LogP contribution in [-0.2, 0) is 6.42 Å². The Labute approximate surface area is 115 Å². The SMILES string of the molecule is CCC1=CCC(CCc2ccc(C(=O)O)cc2)CC1. The molecule has 2 heteroatoms. The molecule has 102 valence electrons. The highest BCUT2D eigenvalue weighted by Gasteiger charge is 2.13. The van der Waals surface area contributed by atoms with Crippen LogP contribution < -0.4 is 0 Å². The Balaban J connectivity index is 1.83. The second kappa shape index (κ2) is 6.55. The van der Waals surface area contributed by atoms with E-state index in [4.69, 9.17) is 5.11 Å². The first-order chi connectivity index (χ1) is 9.19.